The lowest BCUT2D eigenvalue weighted by Gasteiger charge is -2.08. The van der Waals surface area contributed by atoms with Gasteiger partial charge in [-0.1, -0.05) is 63.1 Å². The number of ether oxygens (including phenoxy) is 2. The van der Waals surface area contributed by atoms with Crippen molar-refractivity contribution in [2.24, 2.45) is 0 Å². The molecule has 0 unspecified atom stereocenters. The largest absolute Gasteiger partial charge is 0.462 e. The van der Waals surface area contributed by atoms with E-state index in [9.17, 15) is 14.4 Å². The van der Waals surface area contributed by atoms with Crippen molar-refractivity contribution in [1.82, 2.24) is 0 Å². The first-order valence-electron chi connectivity index (χ1n) is 12.2. The number of rotatable bonds is 11. The predicted octanol–water partition coefficient (Wildman–Crippen LogP) is 6.38. The van der Waals surface area contributed by atoms with Crippen molar-refractivity contribution in [2.75, 3.05) is 6.61 Å². The second-order valence-electron chi connectivity index (χ2n) is 8.51. The van der Waals surface area contributed by atoms with E-state index in [-0.39, 0.29) is 12.6 Å². The van der Waals surface area contributed by atoms with Gasteiger partial charge in [-0.2, -0.15) is 0 Å². The maximum absolute atomic E-state index is 12.5. The summed E-state index contributed by atoms with van der Waals surface area (Å²) >= 11 is 0. The van der Waals surface area contributed by atoms with E-state index >= 15 is 0 Å². The predicted molar refractivity (Wildman–Crippen MR) is 136 cm³/mol. The van der Waals surface area contributed by atoms with Crippen molar-refractivity contribution in [3.63, 3.8) is 0 Å². The van der Waals surface area contributed by atoms with Crippen LogP contribution in [-0.2, 0) is 28.7 Å². The molecule has 0 aliphatic carbocycles. The molecule has 0 N–H and O–H groups in total. The normalized spacial score (nSPS) is 10.6. The van der Waals surface area contributed by atoms with Gasteiger partial charge in [0.2, 0.25) is 0 Å². The summed E-state index contributed by atoms with van der Waals surface area (Å²) in [6.07, 6.45) is 5.24. The molecular weight excluding hydrogens is 440 g/mol. The minimum Gasteiger partial charge on any atom is -0.462 e. The van der Waals surface area contributed by atoms with Gasteiger partial charge in [-0.15, -0.1) is 0 Å². The van der Waals surface area contributed by atoms with Crippen molar-refractivity contribution >= 4 is 17.9 Å². The van der Waals surface area contributed by atoms with E-state index in [1.807, 2.05) is 30.3 Å². The molecule has 3 rings (SSSR count). The maximum atomic E-state index is 12.5. The van der Waals surface area contributed by atoms with Crippen LogP contribution in [0.15, 0.2) is 72.8 Å². The number of aryl methyl sites for hydroxylation is 3. The summed E-state index contributed by atoms with van der Waals surface area (Å²) in [6.45, 7) is 4.49. The van der Waals surface area contributed by atoms with E-state index in [1.54, 1.807) is 42.5 Å². The molecule has 182 valence electrons. The van der Waals surface area contributed by atoms with Gasteiger partial charge in [-0.25, -0.2) is 14.4 Å². The molecule has 0 atom stereocenters. The highest BCUT2D eigenvalue weighted by Gasteiger charge is 2.15. The zero-order chi connectivity index (χ0) is 25.0. The standard InChI is InChI=1S/C30H32O5/c1-3-7-22-12-16-25(17-13-22)28(31)34-20-6-10-24-9-5-11-27(21-24)30(33)35-29(32)26-18-14-23(8-4-2)15-19-26/h5,9,11-19,21H,3-4,6-8,10,20H2,1-2H3. The van der Waals surface area contributed by atoms with Crippen molar-refractivity contribution in [1.29, 1.82) is 0 Å². The van der Waals surface area contributed by atoms with Crippen molar-refractivity contribution in [2.45, 2.75) is 52.4 Å². The molecular formula is C30H32O5. The van der Waals surface area contributed by atoms with E-state index in [2.05, 4.69) is 13.8 Å². The number of carbonyl (C=O) groups is 3. The van der Waals surface area contributed by atoms with Crippen LogP contribution in [0.3, 0.4) is 0 Å². The van der Waals surface area contributed by atoms with Gasteiger partial charge >= 0.3 is 17.9 Å². The molecule has 5 heteroatoms. The highest BCUT2D eigenvalue weighted by atomic mass is 16.6. The van der Waals surface area contributed by atoms with Crippen LogP contribution in [-0.4, -0.2) is 24.5 Å². The Balaban J connectivity index is 1.47. The summed E-state index contributed by atoms with van der Waals surface area (Å²) in [5.74, 6) is -1.70. The lowest BCUT2D eigenvalue weighted by Crippen LogP contribution is -2.13. The van der Waals surface area contributed by atoms with Gasteiger partial charge in [0.15, 0.2) is 0 Å². The molecule has 0 fully saturated rings. The molecule has 3 aromatic carbocycles. The summed E-state index contributed by atoms with van der Waals surface area (Å²) in [5, 5.41) is 0. The highest BCUT2D eigenvalue weighted by Crippen LogP contribution is 2.13. The first-order chi connectivity index (χ1) is 17.0. The number of hydrogen-bond donors (Lipinski definition) is 0. The van der Waals surface area contributed by atoms with Crippen LogP contribution in [0.2, 0.25) is 0 Å². The lowest BCUT2D eigenvalue weighted by atomic mass is 10.1. The monoisotopic (exact) mass is 472 g/mol. The molecule has 0 radical (unpaired) electrons. The zero-order valence-corrected chi connectivity index (χ0v) is 20.4. The number of esters is 3. The second kappa shape index (κ2) is 13.2. The number of benzene rings is 3. The number of carbonyl (C=O) groups excluding carboxylic acids is 3. The Morgan fingerprint density at radius 2 is 1.14 bits per heavy atom. The van der Waals surface area contributed by atoms with Gasteiger partial charge in [-0.3, -0.25) is 0 Å². The third-order valence-corrected chi connectivity index (χ3v) is 5.65. The van der Waals surface area contributed by atoms with Crippen molar-refractivity contribution in [3.8, 4) is 0 Å². The fraction of sp³-hybridized carbons (Fsp3) is 0.300. The molecule has 0 aliphatic rings. The second-order valence-corrected chi connectivity index (χ2v) is 8.51. The molecule has 0 saturated heterocycles. The van der Waals surface area contributed by atoms with Crippen molar-refractivity contribution < 1.29 is 23.9 Å². The van der Waals surface area contributed by atoms with Crippen LogP contribution in [0.1, 0.15) is 80.9 Å². The molecule has 0 heterocycles. The summed E-state index contributed by atoms with van der Waals surface area (Å²) in [4.78, 5) is 37.0. The minimum absolute atomic E-state index is 0.275. The molecule has 5 nitrogen and oxygen atoms in total. The van der Waals surface area contributed by atoms with E-state index in [1.165, 1.54) is 5.56 Å². The van der Waals surface area contributed by atoms with Crippen LogP contribution >= 0.6 is 0 Å². The Morgan fingerprint density at radius 1 is 0.600 bits per heavy atom. The molecule has 0 aliphatic heterocycles. The zero-order valence-electron chi connectivity index (χ0n) is 20.4. The Morgan fingerprint density at radius 3 is 1.71 bits per heavy atom. The molecule has 0 saturated carbocycles. The lowest BCUT2D eigenvalue weighted by molar-refractivity contribution is 0.0396. The topological polar surface area (TPSA) is 69.7 Å². The molecule has 3 aromatic rings. The summed E-state index contributed by atoms with van der Waals surface area (Å²) < 4.78 is 10.4. The van der Waals surface area contributed by atoms with E-state index < -0.39 is 11.9 Å². The van der Waals surface area contributed by atoms with Crippen LogP contribution in [0.5, 0.6) is 0 Å². The van der Waals surface area contributed by atoms with Crippen LogP contribution in [0, 0.1) is 0 Å². The van der Waals surface area contributed by atoms with Gasteiger partial charge in [0.25, 0.3) is 0 Å². The summed E-state index contributed by atoms with van der Waals surface area (Å²) in [5.41, 5.74) is 4.43. The quantitative estimate of drug-likeness (QED) is 0.184. The molecule has 35 heavy (non-hydrogen) atoms. The van der Waals surface area contributed by atoms with Crippen LogP contribution in [0.4, 0.5) is 0 Å². The third-order valence-electron chi connectivity index (χ3n) is 5.65. The van der Waals surface area contributed by atoms with Gasteiger partial charge < -0.3 is 9.47 Å². The maximum Gasteiger partial charge on any atom is 0.346 e. The fourth-order valence-electron chi connectivity index (χ4n) is 3.77. The average molecular weight is 473 g/mol. The Hall–Kier alpha value is -3.73. The number of hydrogen-bond acceptors (Lipinski definition) is 5. The third kappa shape index (κ3) is 7.92. The minimum atomic E-state index is -0.688. The summed E-state index contributed by atoms with van der Waals surface area (Å²) in [6, 6.07) is 21.6. The van der Waals surface area contributed by atoms with Crippen molar-refractivity contribution in [3.05, 3.63) is 106 Å². The first kappa shape index (κ1) is 25.9. The Labute approximate surface area is 207 Å². The Kier molecular flexibility index (Phi) is 9.79. The molecule has 0 spiro atoms. The average Bonchev–Trinajstić information content (AvgIpc) is 2.88. The summed E-state index contributed by atoms with van der Waals surface area (Å²) in [7, 11) is 0. The van der Waals surface area contributed by atoms with Crippen LogP contribution in [0.25, 0.3) is 0 Å². The SMILES string of the molecule is CCCc1ccc(C(=O)OCCCc2cccc(C(=O)OC(=O)c3ccc(CCC)cc3)c2)cc1. The first-order valence-corrected chi connectivity index (χ1v) is 12.2. The van der Waals surface area contributed by atoms with E-state index in [0.717, 1.165) is 36.8 Å². The molecule has 0 aromatic heterocycles. The molecule has 0 bridgehead atoms. The van der Waals surface area contributed by atoms with Gasteiger partial charge in [-0.05, 0) is 78.8 Å². The van der Waals surface area contributed by atoms with Gasteiger partial charge in [0.05, 0.1) is 23.3 Å². The molecule has 0 amide bonds. The van der Waals surface area contributed by atoms with Crippen LogP contribution < -0.4 is 0 Å². The van der Waals surface area contributed by atoms with E-state index in [0.29, 0.717) is 29.5 Å². The smallest absolute Gasteiger partial charge is 0.346 e. The fourth-order valence-corrected chi connectivity index (χ4v) is 3.77. The highest BCUT2D eigenvalue weighted by molar-refractivity contribution is 6.02. The van der Waals surface area contributed by atoms with E-state index in [4.69, 9.17) is 9.47 Å². The Bertz CT molecular complexity index is 1130. The van der Waals surface area contributed by atoms with Gasteiger partial charge in [0, 0.05) is 0 Å². The van der Waals surface area contributed by atoms with Gasteiger partial charge in [0.1, 0.15) is 0 Å².